The van der Waals surface area contributed by atoms with Crippen molar-refractivity contribution in [2.45, 2.75) is 6.35 Å². The van der Waals surface area contributed by atoms with Gasteiger partial charge in [0, 0.05) is 13.1 Å². The molecule has 9 heteroatoms. The SMILES string of the molecule is CN(C)C(Oc1c(F)c(F)c(F)c(F)c1F)N1CCOCC1. The van der Waals surface area contributed by atoms with Gasteiger partial charge in [-0.25, -0.2) is 13.2 Å². The summed E-state index contributed by atoms with van der Waals surface area (Å²) in [4.78, 5) is 3.13. The number of nitrogens with zero attached hydrogens (tertiary/aromatic N) is 2. The van der Waals surface area contributed by atoms with E-state index in [1.54, 1.807) is 19.0 Å². The summed E-state index contributed by atoms with van der Waals surface area (Å²) >= 11 is 0. The normalized spacial score (nSPS) is 17.8. The van der Waals surface area contributed by atoms with Gasteiger partial charge in [-0.15, -0.1) is 0 Å². The first kappa shape index (κ1) is 16.9. The lowest BCUT2D eigenvalue weighted by molar-refractivity contribution is -0.110. The Labute approximate surface area is 124 Å². The Balaban J connectivity index is 2.34. The molecule has 0 bridgehead atoms. The molecule has 0 aliphatic carbocycles. The van der Waals surface area contributed by atoms with Gasteiger partial charge in [0.25, 0.3) is 0 Å². The molecule has 124 valence electrons. The highest BCUT2D eigenvalue weighted by Crippen LogP contribution is 2.30. The molecule has 1 unspecified atom stereocenters. The summed E-state index contributed by atoms with van der Waals surface area (Å²) in [5.74, 6) is -11.5. The molecule has 0 aromatic heterocycles. The monoisotopic (exact) mass is 326 g/mol. The van der Waals surface area contributed by atoms with E-state index >= 15 is 0 Å². The molecule has 0 radical (unpaired) electrons. The summed E-state index contributed by atoms with van der Waals surface area (Å²) in [6.07, 6.45) is -0.989. The zero-order chi connectivity index (χ0) is 16.4. The first-order chi connectivity index (χ1) is 10.3. The molecular weight excluding hydrogens is 311 g/mol. The van der Waals surface area contributed by atoms with Crippen LogP contribution >= 0.6 is 0 Å². The van der Waals surface area contributed by atoms with Crippen molar-refractivity contribution in [3.8, 4) is 5.75 Å². The number of rotatable bonds is 4. The smallest absolute Gasteiger partial charge is 0.211 e. The van der Waals surface area contributed by atoms with Crippen LogP contribution in [-0.4, -0.2) is 56.6 Å². The summed E-state index contributed by atoms with van der Waals surface area (Å²) < 4.78 is 77.1. The van der Waals surface area contributed by atoms with Crippen molar-refractivity contribution < 1.29 is 31.4 Å². The first-order valence-corrected chi connectivity index (χ1v) is 6.51. The van der Waals surface area contributed by atoms with E-state index in [1.165, 1.54) is 4.90 Å². The Morgan fingerprint density at radius 1 is 0.909 bits per heavy atom. The molecule has 1 heterocycles. The zero-order valence-electron chi connectivity index (χ0n) is 12.0. The van der Waals surface area contributed by atoms with Crippen LogP contribution < -0.4 is 4.74 Å². The summed E-state index contributed by atoms with van der Waals surface area (Å²) in [7, 11) is 3.12. The molecule has 0 amide bonds. The van der Waals surface area contributed by atoms with Crippen molar-refractivity contribution in [3.05, 3.63) is 29.1 Å². The average molecular weight is 326 g/mol. The molecule has 4 nitrogen and oxygen atoms in total. The van der Waals surface area contributed by atoms with Crippen LogP contribution in [-0.2, 0) is 4.74 Å². The molecular formula is C13H15F5N2O2. The summed E-state index contributed by atoms with van der Waals surface area (Å²) in [6.45, 7) is 1.56. The van der Waals surface area contributed by atoms with Crippen molar-refractivity contribution in [3.63, 3.8) is 0 Å². The predicted octanol–water partition coefficient (Wildman–Crippen LogP) is 1.94. The fourth-order valence-electron chi connectivity index (χ4n) is 2.10. The average Bonchev–Trinajstić information content (AvgIpc) is 2.51. The van der Waals surface area contributed by atoms with Crippen LogP contribution in [0.3, 0.4) is 0 Å². The zero-order valence-corrected chi connectivity index (χ0v) is 12.0. The van der Waals surface area contributed by atoms with Gasteiger partial charge in [0.2, 0.25) is 41.2 Å². The van der Waals surface area contributed by atoms with Gasteiger partial charge in [0.05, 0.1) is 13.2 Å². The highest BCUT2D eigenvalue weighted by atomic mass is 19.2. The Hall–Kier alpha value is -1.45. The summed E-state index contributed by atoms with van der Waals surface area (Å²) in [6, 6.07) is 0. The Bertz CT molecular complexity index is 521. The second-order valence-corrected chi connectivity index (χ2v) is 4.96. The van der Waals surface area contributed by atoms with Crippen molar-refractivity contribution in [1.29, 1.82) is 0 Å². The van der Waals surface area contributed by atoms with Gasteiger partial charge in [0.1, 0.15) is 0 Å². The molecule has 1 saturated heterocycles. The van der Waals surface area contributed by atoms with Crippen LogP contribution in [0.4, 0.5) is 22.0 Å². The standard InChI is InChI=1S/C13H15F5N2O2/c1-19(2)13(20-3-5-21-6-4-20)22-12-10(17)8(15)7(14)9(16)11(12)18/h13H,3-6H2,1-2H3. The fraction of sp³-hybridized carbons (Fsp3) is 0.538. The maximum atomic E-state index is 13.7. The van der Waals surface area contributed by atoms with Gasteiger partial charge in [-0.3, -0.25) is 9.80 Å². The fourth-order valence-corrected chi connectivity index (χ4v) is 2.10. The van der Waals surface area contributed by atoms with Gasteiger partial charge in [-0.1, -0.05) is 0 Å². The summed E-state index contributed by atoms with van der Waals surface area (Å²) in [5, 5.41) is 0. The minimum atomic E-state index is -2.21. The lowest BCUT2D eigenvalue weighted by Gasteiger charge is -2.37. The topological polar surface area (TPSA) is 24.9 Å². The van der Waals surface area contributed by atoms with Crippen LogP contribution in [0.5, 0.6) is 5.75 Å². The summed E-state index contributed by atoms with van der Waals surface area (Å²) in [5.41, 5.74) is 0. The predicted molar refractivity (Wildman–Crippen MR) is 66.7 cm³/mol. The number of ether oxygens (including phenoxy) is 2. The van der Waals surface area contributed by atoms with Crippen molar-refractivity contribution in [2.24, 2.45) is 0 Å². The highest BCUT2D eigenvalue weighted by molar-refractivity contribution is 5.29. The van der Waals surface area contributed by atoms with E-state index in [2.05, 4.69) is 0 Å². The molecule has 22 heavy (non-hydrogen) atoms. The van der Waals surface area contributed by atoms with E-state index < -0.39 is 41.2 Å². The van der Waals surface area contributed by atoms with Gasteiger partial charge in [-0.2, -0.15) is 8.78 Å². The Morgan fingerprint density at radius 3 is 1.82 bits per heavy atom. The molecule has 2 rings (SSSR count). The van der Waals surface area contributed by atoms with E-state index in [-0.39, 0.29) is 0 Å². The van der Waals surface area contributed by atoms with E-state index in [0.717, 1.165) is 0 Å². The minimum absolute atomic E-state index is 0.380. The van der Waals surface area contributed by atoms with Crippen LogP contribution in [0.15, 0.2) is 0 Å². The van der Waals surface area contributed by atoms with Crippen LogP contribution in [0.2, 0.25) is 0 Å². The van der Waals surface area contributed by atoms with E-state index in [0.29, 0.717) is 26.3 Å². The highest BCUT2D eigenvalue weighted by Gasteiger charge is 2.32. The van der Waals surface area contributed by atoms with Gasteiger partial charge in [-0.05, 0) is 14.1 Å². The lowest BCUT2D eigenvalue weighted by atomic mass is 10.2. The second-order valence-electron chi connectivity index (χ2n) is 4.96. The Kier molecular flexibility index (Phi) is 5.20. The van der Waals surface area contributed by atoms with Crippen molar-refractivity contribution >= 4 is 0 Å². The largest absolute Gasteiger partial charge is 0.455 e. The molecule has 1 fully saturated rings. The Morgan fingerprint density at radius 2 is 1.36 bits per heavy atom. The van der Waals surface area contributed by atoms with E-state index in [4.69, 9.17) is 9.47 Å². The van der Waals surface area contributed by atoms with Crippen molar-refractivity contribution in [1.82, 2.24) is 9.80 Å². The molecule has 1 aliphatic heterocycles. The lowest BCUT2D eigenvalue weighted by Crippen LogP contribution is -2.53. The van der Waals surface area contributed by atoms with Crippen LogP contribution in [0.25, 0.3) is 0 Å². The van der Waals surface area contributed by atoms with Gasteiger partial charge in [0.15, 0.2) is 0 Å². The minimum Gasteiger partial charge on any atom is -0.455 e. The maximum Gasteiger partial charge on any atom is 0.211 e. The number of morpholine rings is 1. The van der Waals surface area contributed by atoms with Gasteiger partial charge < -0.3 is 9.47 Å². The number of hydrogen-bond donors (Lipinski definition) is 0. The molecule has 1 aromatic rings. The number of benzene rings is 1. The van der Waals surface area contributed by atoms with E-state index in [1.807, 2.05) is 0 Å². The molecule has 1 aromatic carbocycles. The third-order valence-electron chi connectivity index (χ3n) is 3.19. The quantitative estimate of drug-likeness (QED) is 0.365. The van der Waals surface area contributed by atoms with Gasteiger partial charge >= 0.3 is 0 Å². The second kappa shape index (κ2) is 6.76. The molecule has 0 saturated carbocycles. The van der Waals surface area contributed by atoms with E-state index in [9.17, 15) is 22.0 Å². The van der Waals surface area contributed by atoms with Crippen LogP contribution in [0, 0.1) is 29.1 Å². The molecule has 1 atom stereocenters. The molecule has 1 aliphatic rings. The van der Waals surface area contributed by atoms with Crippen molar-refractivity contribution in [2.75, 3.05) is 40.4 Å². The maximum absolute atomic E-state index is 13.7. The third kappa shape index (κ3) is 3.16. The first-order valence-electron chi connectivity index (χ1n) is 6.51. The molecule has 0 spiro atoms. The number of halogens is 5. The molecule has 0 N–H and O–H groups in total. The number of hydrogen-bond acceptors (Lipinski definition) is 4. The third-order valence-corrected chi connectivity index (χ3v) is 3.19. The van der Waals surface area contributed by atoms with Crippen LogP contribution in [0.1, 0.15) is 0 Å².